The Balaban J connectivity index is 1.65. The number of amides is 2. The Kier molecular flexibility index (Phi) is 7.00. The number of ether oxygens (including phenoxy) is 1. The monoisotopic (exact) mass is 504 g/mol. The van der Waals surface area contributed by atoms with Crippen LogP contribution in [-0.4, -0.2) is 46.0 Å². The number of carboxylic acids is 1. The maximum absolute atomic E-state index is 13.2. The average Bonchev–Trinajstić information content (AvgIpc) is 3.60. The molecule has 178 valence electrons. The molecule has 0 spiro atoms. The lowest BCUT2D eigenvalue weighted by Crippen LogP contribution is -2.35. The minimum atomic E-state index is -1.16. The van der Waals surface area contributed by atoms with Crippen LogP contribution in [0, 0.1) is 5.92 Å². The molecule has 10 heteroatoms. The van der Waals surface area contributed by atoms with Crippen molar-refractivity contribution in [3.8, 4) is 5.75 Å². The predicted molar refractivity (Wildman–Crippen MR) is 125 cm³/mol. The molecule has 1 atom stereocenters. The number of halogens is 2. The minimum absolute atomic E-state index is 0.0905. The number of benzene rings is 2. The molecule has 1 unspecified atom stereocenters. The van der Waals surface area contributed by atoms with Crippen molar-refractivity contribution in [2.75, 3.05) is 13.2 Å². The molecule has 0 bridgehead atoms. The highest BCUT2D eigenvalue weighted by atomic mass is 35.5. The normalized spacial score (nSPS) is 17.8. The molecule has 0 radical (unpaired) electrons. The van der Waals surface area contributed by atoms with Gasteiger partial charge in [0, 0.05) is 18.7 Å². The van der Waals surface area contributed by atoms with E-state index < -0.39 is 36.2 Å². The highest BCUT2D eigenvalue weighted by Gasteiger charge is 2.46. The first-order valence-electron chi connectivity index (χ1n) is 10.7. The number of nitrogens with zero attached hydrogens (tertiary/aromatic N) is 1. The standard InChI is InChI=1S/C24H22Cl2N2O6/c25-16-8-7-14(9-17(16)26)10-27-23(32)20-21(28(11-13-5-6-13)24(33)22(20)31)15-3-1-2-4-18(15)34-12-19(29)30/h1-4,7-9,13,21,31H,5-6,10-12H2,(H,27,32)(H,29,30). The number of rotatable bonds is 9. The lowest BCUT2D eigenvalue weighted by molar-refractivity contribution is -0.139. The average molecular weight is 505 g/mol. The zero-order chi connectivity index (χ0) is 24.4. The van der Waals surface area contributed by atoms with Gasteiger partial charge in [-0.15, -0.1) is 0 Å². The molecule has 1 aliphatic heterocycles. The number of hydrogen-bond acceptors (Lipinski definition) is 5. The van der Waals surface area contributed by atoms with E-state index >= 15 is 0 Å². The fourth-order valence-corrected chi connectivity index (χ4v) is 4.20. The SMILES string of the molecule is O=C(O)COc1ccccc1C1C(C(=O)NCc2ccc(Cl)c(Cl)c2)=C(O)C(=O)N1CC1CC1. The molecular formula is C24H22Cl2N2O6. The van der Waals surface area contributed by atoms with Gasteiger partial charge in [-0.3, -0.25) is 9.59 Å². The van der Waals surface area contributed by atoms with Crippen LogP contribution >= 0.6 is 23.2 Å². The molecule has 34 heavy (non-hydrogen) atoms. The Bertz CT molecular complexity index is 1180. The van der Waals surface area contributed by atoms with Crippen LogP contribution in [0.4, 0.5) is 0 Å². The van der Waals surface area contributed by atoms with Crippen LogP contribution in [-0.2, 0) is 20.9 Å². The molecule has 1 heterocycles. The van der Waals surface area contributed by atoms with E-state index in [0.29, 0.717) is 27.7 Å². The Labute approximate surface area is 205 Å². The van der Waals surface area contributed by atoms with E-state index in [1.54, 1.807) is 42.5 Å². The Morgan fingerprint density at radius 2 is 1.85 bits per heavy atom. The Morgan fingerprint density at radius 1 is 1.12 bits per heavy atom. The molecule has 2 aliphatic rings. The molecule has 4 rings (SSSR count). The third kappa shape index (κ3) is 5.13. The summed E-state index contributed by atoms with van der Waals surface area (Å²) in [5.41, 5.74) is 0.988. The second-order valence-corrected chi connectivity index (χ2v) is 9.03. The van der Waals surface area contributed by atoms with E-state index in [9.17, 15) is 19.5 Å². The lowest BCUT2D eigenvalue weighted by Gasteiger charge is -2.28. The fourth-order valence-electron chi connectivity index (χ4n) is 3.88. The third-order valence-electron chi connectivity index (χ3n) is 5.70. The van der Waals surface area contributed by atoms with E-state index in [-0.39, 0.29) is 23.8 Å². The van der Waals surface area contributed by atoms with Gasteiger partial charge < -0.3 is 25.2 Å². The van der Waals surface area contributed by atoms with Gasteiger partial charge in [-0.25, -0.2) is 4.79 Å². The highest BCUT2D eigenvalue weighted by Crippen LogP contribution is 2.43. The van der Waals surface area contributed by atoms with E-state index in [2.05, 4.69) is 5.32 Å². The summed E-state index contributed by atoms with van der Waals surface area (Å²) in [6, 6.07) is 10.6. The van der Waals surface area contributed by atoms with Gasteiger partial charge in [-0.2, -0.15) is 0 Å². The van der Waals surface area contributed by atoms with Gasteiger partial charge >= 0.3 is 5.97 Å². The summed E-state index contributed by atoms with van der Waals surface area (Å²) in [6.07, 6.45) is 1.90. The van der Waals surface area contributed by atoms with Crippen molar-refractivity contribution in [1.82, 2.24) is 10.2 Å². The molecule has 2 amide bonds. The maximum atomic E-state index is 13.2. The van der Waals surface area contributed by atoms with Crippen molar-refractivity contribution < 1.29 is 29.3 Å². The van der Waals surface area contributed by atoms with E-state index in [1.165, 1.54) is 4.90 Å². The molecule has 1 saturated carbocycles. The Morgan fingerprint density at radius 3 is 2.53 bits per heavy atom. The van der Waals surface area contributed by atoms with Crippen LogP contribution in [0.5, 0.6) is 5.75 Å². The molecule has 1 fully saturated rings. The molecule has 0 saturated heterocycles. The van der Waals surface area contributed by atoms with Gasteiger partial charge in [0.05, 0.1) is 21.7 Å². The molecule has 2 aromatic rings. The first-order chi connectivity index (χ1) is 16.3. The first kappa shape index (κ1) is 23.9. The summed E-state index contributed by atoms with van der Waals surface area (Å²) in [7, 11) is 0. The topological polar surface area (TPSA) is 116 Å². The third-order valence-corrected chi connectivity index (χ3v) is 6.44. The number of aliphatic carboxylic acids is 1. The summed E-state index contributed by atoms with van der Waals surface area (Å²) in [5.74, 6) is -2.58. The number of para-hydroxylation sites is 1. The number of aliphatic hydroxyl groups is 1. The molecule has 0 aromatic heterocycles. The van der Waals surface area contributed by atoms with Crippen LogP contribution in [0.15, 0.2) is 53.8 Å². The van der Waals surface area contributed by atoms with Gasteiger partial charge in [0.1, 0.15) is 5.75 Å². The maximum Gasteiger partial charge on any atom is 0.341 e. The van der Waals surface area contributed by atoms with E-state index in [4.69, 9.17) is 33.0 Å². The summed E-state index contributed by atoms with van der Waals surface area (Å²) in [5, 5.41) is 23.2. The number of aliphatic hydroxyl groups excluding tert-OH is 1. The molecule has 1 aliphatic carbocycles. The summed E-state index contributed by atoms with van der Waals surface area (Å²) >= 11 is 12.0. The van der Waals surface area contributed by atoms with Crippen LogP contribution in [0.25, 0.3) is 0 Å². The Hall–Kier alpha value is -3.23. The second kappa shape index (κ2) is 9.95. The van der Waals surface area contributed by atoms with E-state index in [1.807, 2.05) is 0 Å². The van der Waals surface area contributed by atoms with Gasteiger partial charge in [0.2, 0.25) is 0 Å². The fraction of sp³-hybridized carbons (Fsp3) is 0.292. The number of hydrogen-bond donors (Lipinski definition) is 3. The number of carboxylic acid groups (broad SMARTS) is 1. The van der Waals surface area contributed by atoms with Crippen molar-refractivity contribution >= 4 is 41.0 Å². The number of carbonyl (C=O) groups is 3. The van der Waals surface area contributed by atoms with Crippen LogP contribution in [0.2, 0.25) is 10.0 Å². The quantitative estimate of drug-likeness (QED) is 0.477. The summed E-state index contributed by atoms with van der Waals surface area (Å²) in [6.45, 7) is -0.132. The lowest BCUT2D eigenvalue weighted by atomic mass is 9.97. The molecule has 2 aromatic carbocycles. The van der Waals surface area contributed by atoms with Crippen molar-refractivity contribution in [3.63, 3.8) is 0 Å². The zero-order valence-electron chi connectivity index (χ0n) is 18.0. The van der Waals surface area contributed by atoms with Crippen molar-refractivity contribution in [3.05, 3.63) is 75.0 Å². The number of nitrogens with one attached hydrogen (secondary N) is 1. The van der Waals surface area contributed by atoms with Gasteiger partial charge in [0.25, 0.3) is 11.8 Å². The van der Waals surface area contributed by atoms with E-state index in [0.717, 1.165) is 12.8 Å². The molecular weight excluding hydrogens is 483 g/mol. The van der Waals surface area contributed by atoms with Crippen LogP contribution in [0.3, 0.4) is 0 Å². The summed E-state index contributed by atoms with van der Waals surface area (Å²) in [4.78, 5) is 38.7. The number of carbonyl (C=O) groups excluding carboxylic acids is 2. The molecule has 8 nitrogen and oxygen atoms in total. The van der Waals surface area contributed by atoms with Crippen molar-refractivity contribution in [2.24, 2.45) is 5.92 Å². The van der Waals surface area contributed by atoms with Crippen molar-refractivity contribution in [2.45, 2.75) is 25.4 Å². The second-order valence-electron chi connectivity index (χ2n) is 8.22. The zero-order valence-corrected chi connectivity index (χ0v) is 19.5. The van der Waals surface area contributed by atoms with Crippen LogP contribution < -0.4 is 10.1 Å². The first-order valence-corrected chi connectivity index (χ1v) is 11.4. The largest absolute Gasteiger partial charge is 0.503 e. The van der Waals surface area contributed by atoms with Crippen LogP contribution in [0.1, 0.15) is 30.0 Å². The summed E-state index contributed by atoms with van der Waals surface area (Å²) < 4.78 is 5.43. The predicted octanol–water partition coefficient (Wildman–Crippen LogP) is 3.88. The van der Waals surface area contributed by atoms with Gasteiger partial charge in [0.15, 0.2) is 12.4 Å². The van der Waals surface area contributed by atoms with Gasteiger partial charge in [-0.05, 0) is 42.5 Å². The smallest absolute Gasteiger partial charge is 0.341 e. The minimum Gasteiger partial charge on any atom is -0.503 e. The highest BCUT2D eigenvalue weighted by molar-refractivity contribution is 6.42. The van der Waals surface area contributed by atoms with Gasteiger partial charge in [-0.1, -0.05) is 47.5 Å². The van der Waals surface area contributed by atoms with Crippen molar-refractivity contribution in [1.29, 1.82) is 0 Å². The molecule has 3 N–H and O–H groups in total.